The Morgan fingerprint density at radius 1 is 1.00 bits per heavy atom. The lowest BCUT2D eigenvalue weighted by atomic mass is 10.2. The third-order valence-corrected chi connectivity index (χ3v) is 3.87. The Bertz CT molecular complexity index is 840. The molecule has 0 saturated carbocycles. The van der Waals surface area contributed by atoms with E-state index in [4.69, 9.17) is 11.6 Å². The maximum Gasteiger partial charge on any atom is 0.271 e. The molecule has 2 aromatic heterocycles. The van der Waals surface area contributed by atoms with Crippen LogP contribution in [0.3, 0.4) is 0 Å². The Hall–Kier alpha value is -2.99. The highest BCUT2D eigenvalue weighted by atomic mass is 35.5. The van der Waals surface area contributed by atoms with Crippen molar-refractivity contribution in [2.24, 2.45) is 0 Å². The van der Waals surface area contributed by atoms with Gasteiger partial charge in [-0.05, 0) is 29.3 Å². The van der Waals surface area contributed by atoms with Crippen LogP contribution in [0.15, 0.2) is 61.2 Å². The van der Waals surface area contributed by atoms with Crippen molar-refractivity contribution in [3.05, 3.63) is 83.0 Å². The molecule has 25 heavy (non-hydrogen) atoms. The quantitative estimate of drug-likeness (QED) is 0.712. The van der Waals surface area contributed by atoms with Gasteiger partial charge in [-0.15, -0.1) is 0 Å². The van der Waals surface area contributed by atoms with Crippen molar-refractivity contribution in [3.63, 3.8) is 0 Å². The Labute approximate surface area is 150 Å². The lowest BCUT2D eigenvalue weighted by molar-refractivity contribution is 0.0945. The standard InChI is InChI=1S/C18H16ClN5O/c19-15-4-2-1-3-14(15)10-24-18(25)16-11-23-17(12-21-16)22-9-13-5-7-20-8-6-13/h1-8,11-12H,9-10H2,(H,22,23)(H,24,25). The van der Waals surface area contributed by atoms with Gasteiger partial charge in [-0.2, -0.15) is 0 Å². The van der Waals surface area contributed by atoms with E-state index in [2.05, 4.69) is 25.6 Å². The van der Waals surface area contributed by atoms with Crippen molar-refractivity contribution in [2.45, 2.75) is 13.1 Å². The molecule has 0 radical (unpaired) electrons. The molecule has 2 N–H and O–H groups in total. The van der Waals surface area contributed by atoms with E-state index in [0.29, 0.717) is 23.9 Å². The van der Waals surface area contributed by atoms with Crippen LogP contribution in [0, 0.1) is 0 Å². The van der Waals surface area contributed by atoms with E-state index in [1.54, 1.807) is 18.5 Å². The van der Waals surface area contributed by atoms with Gasteiger partial charge < -0.3 is 10.6 Å². The molecule has 126 valence electrons. The Balaban J connectivity index is 1.54. The summed E-state index contributed by atoms with van der Waals surface area (Å²) in [5.41, 5.74) is 2.18. The van der Waals surface area contributed by atoms with E-state index in [0.717, 1.165) is 11.1 Å². The zero-order valence-corrected chi connectivity index (χ0v) is 14.1. The number of rotatable bonds is 6. The molecule has 0 unspecified atom stereocenters. The number of aromatic nitrogens is 3. The van der Waals surface area contributed by atoms with Gasteiger partial charge in [0.15, 0.2) is 0 Å². The molecule has 0 aliphatic carbocycles. The van der Waals surface area contributed by atoms with Crippen LogP contribution in [-0.4, -0.2) is 20.9 Å². The number of benzene rings is 1. The molecule has 0 fully saturated rings. The fraction of sp³-hybridized carbons (Fsp3) is 0.111. The lowest BCUT2D eigenvalue weighted by Crippen LogP contribution is -2.24. The largest absolute Gasteiger partial charge is 0.365 e. The molecule has 1 amide bonds. The van der Waals surface area contributed by atoms with E-state index in [1.807, 2.05) is 30.3 Å². The van der Waals surface area contributed by atoms with Gasteiger partial charge in [0.25, 0.3) is 5.91 Å². The number of amides is 1. The maximum absolute atomic E-state index is 12.1. The Morgan fingerprint density at radius 2 is 1.80 bits per heavy atom. The first kappa shape index (κ1) is 16.9. The van der Waals surface area contributed by atoms with Crippen molar-refractivity contribution < 1.29 is 4.79 Å². The van der Waals surface area contributed by atoms with Gasteiger partial charge in [-0.3, -0.25) is 9.78 Å². The van der Waals surface area contributed by atoms with Crippen LogP contribution in [0.4, 0.5) is 5.82 Å². The first-order valence-corrected chi connectivity index (χ1v) is 8.06. The van der Waals surface area contributed by atoms with Crippen molar-refractivity contribution in [1.29, 1.82) is 0 Å². The summed E-state index contributed by atoms with van der Waals surface area (Å²) in [6.45, 7) is 0.942. The zero-order valence-electron chi connectivity index (χ0n) is 13.3. The fourth-order valence-corrected chi connectivity index (χ4v) is 2.34. The molecule has 7 heteroatoms. The number of pyridine rings is 1. The summed E-state index contributed by atoms with van der Waals surface area (Å²) < 4.78 is 0. The highest BCUT2D eigenvalue weighted by Crippen LogP contribution is 2.14. The number of carbonyl (C=O) groups is 1. The summed E-state index contributed by atoms with van der Waals surface area (Å²) in [6, 6.07) is 11.2. The average molecular weight is 354 g/mol. The van der Waals surface area contributed by atoms with E-state index in [-0.39, 0.29) is 11.6 Å². The summed E-state index contributed by atoms with van der Waals surface area (Å²) in [5, 5.41) is 6.54. The molecule has 0 spiro atoms. The summed E-state index contributed by atoms with van der Waals surface area (Å²) in [7, 11) is 0. The van der Waals surface area contributed by atoms with Crippen LogP contribution in [0.5, 0.6) is 0 Å². The molecule has 6 nitrogen and oxygen atoms in total. The highest BCUT2D eigenvalue weighted by molar-refractivity contribution is 6.31. The summed E-state index contributed by atoms with van der Waals surface area (Å²) >= 11 is 6.07. The summed E-state index contributed by atoms with van der Waals surface area (Å²) in [6.07, 6.45) is 6.44. The molecule has 0 aliphatic heterocycles. The second-order valence-electron chi connectivity index (χ2n) is 5.27. The molecule has 0 aliphatic rings. The monoisotopic (exact) mass is 353 g/mol. The van der Waals surface area contributed by atoms with E-state index < -0.39 is 0 Å². The number of hydrogen-bond acceptors (Lipinski definition) is 5. The van der Waals surface area contributed by atoms with Gasteiger partial charge in [0.1, 0.15) is 11.5 Å². The van der Waals surface area contributed by atoms with Crippen molar-refractivity contribution >= 4 is 23.3 Å². The molecule has 3 rings (SSSR count). The predicted octanol–water partition coefficient (Wildman–Crippen LogP) is 3.07. The minimum atomic E-state index is -0.298. The Kier molecular flexibility index (Phi) is 5.53. The van der Waals surface area contributed by atoms with Gasteiger partial charge in [0.05, 0.1) is 12.4 Å². The average Bonchev–Trinajstić information content (AvgIpc) is 2.67. The van der Waals surface area contributed by atoms with Gasteiger partial charge in [0, 0.05) is 30.5 Å². The van der Waals surface area contributed by atoms with Crippen LogP contribution in [0.2, 0.25) is 5.02 Å². The zero-order chi connectivity index (χ0) is 17.5. The van der Waals surface area contributed by atoms with Crippen molar-refractivity contribution in [1.82, 2.24) is 20.3 Å². The smallest absolute Gasteiger partial charge is 0.271 e. The molecule has 3 aromatic rings. The van der Waals surface area contributed by atoms with Gasteiger partial charge in [-0.25, -0.2) is 9.97 Å². The number of nitrogens with one attached hydrogen (secondary N) is 2. The van der Waals surface area contributed by atoms with Crippen molar-refractivity contribution in [3.8, 4) is 0 Å². The van der Waals surface area contributed by atoms with Crippen molar-refractivity contribution in [2.75, 3.05) is 5.32 Å². The van der Waals surface area contributed by atoms with Gasteiger partial charge in [-0.1, -0.05) is 29.8 Å². The first-order chi connectivity index (χ1) is 12.2. The van der Waals surface area contributed by atoms with Crippen LogP contribution in [0.25, 0.3) is 0 Å². The van der Waals surface area contributed by atoms with Crippen LogP contribution in [0.1, 0.15) is 21.6 Å². The van der Waals surface area contributed by atoms with Crippen LogP contribution >= 0.6 is 11.6 Å². The third-order valence-electron chi connectivity index (χ3n) is 3.50. The molecular weight excluding hydrogens is 338 g/mol. The van der Waals surface area contributed by atoms with E-state index >= 15 is 0 Å². The molecule has 0 bridgehead atoms. The van der Waals surface area contributed by atoms with Gasteiger partial charge in [0.2, 0.25) is 0 Å². The molecule has 2 heterocycles. The third kappa shape index (κ3) is 4.74. The van der Waals surface area contributed by atoms with Crippen LogP contribution in [-0.2, 0) is 13.1 Å². The molecular formula is C18H16ClN5O. The fourth-order valence-electron chi connectivity index (χ4n) is 2.14. The van der Waals surface area contributed by atoms with E-state index in [1.165, 1.54) is 12.4 Å². The molecule has 1 aromatic carbocycles. The van der Waals surface area contributed by atoms with Crippen LogP contribution < -0.4 is 10.6 Å². The lowest BCUT2D eigenvalue weighted by Gasteiger charge is -2.08. The summed E-state index contributed by atoms with van der Waals surface area (Å²) in [5.74, 6) is 0.299. The Morgan fingerprint density at radius 3 is 2.52 bits per heavy atom. The first-order valence-electron chi connectivity index (χ1n) is 7.69. The predicted molar refractivity (Wildman–Crippen MR) is 96.2 cm³/mol. The second-order valence-corrected chi connectivity index (χ2v) is 5.68. The van der Waals surface area contributed by atoms with E-state index in [9.17, 15) is 4.79 Å². The highest BCUT2D eigenvalue weighted by Gasteiger charge is 2.09. The topological polar surface area (TPSA) is 79.8 Å². The second kappa shape index (κ2) is 8.21. The number of anilines is 1. The number of hydrogen-bond donors (Lipinski definition) is 2. The summed E-state index contributed by atoms with van der Waals surface area (Å²) in [4.78, 5) is 24.5. The number of halogens is 1. The normalized spacial score (nSPS) is 10.3. The number of carbonyl (C=O) groups excluding carboxylic acids is 1. The SMILES string of the molecule is O=C(NCc1ccccc1Cl)c1cnc(NCc2ccncc2)cn1. The maximum atomic E-state index is 12.1. The van der Waals surface area contributed by atoms with Gasteiger partial charge >= 0.3 is 0 Å². The molecule has 0 atom stereocenters. The number of nitrogens with zero attached hydrogens (tertiary/aromatic N) is 3. The molecule has 0 saturated heterocycles. The minimum absolute atomic E-state index is 0.251. The minimum Gasteiger partial charge on any atom is -0.365 e.